The van der Waals surface area contributed by atoms with E-state index >= 15 is 0 Å². The Labute approximate surface area is 107 Å². The van der Waals surface area contributed by atoms with Crippen molar-refractivity contribution in [3.63, 3.8) is 0 Å². The highest BCUT2D eigenvalue weighted by Crippen LogP contribution is 2.13. The number of aliphatic hydroxyl groups excluding tert-OH is 1. The van der Waals surface area contributed by atoms with Gasteiger partial charge in [0.15, 0.2) is 5.78 Å². The lowest BCUT2D eigenvalue weighted by molar-refractivity contribution is 0.103. The van der Waals surface area contributed by atoms with Crippen molar-refractivity contribution < 1.29 is 9.90 Å². The van der Waals surface area contributed by atoms with Gasteiger partial charge in [0.1, 0.15) is 0 Å². The van der Waals surface area contributed by atoms with E-state index in [-0.39, 0.29) is 12.4 Å². The van der Waals surface area contributed by atoms with Crippen molar-refractivity contribution in [1.29, 1.82) is 0 Å². The minimum absolute atomic E-state index is 0.0230. The van der Waals surface area contributed by atoms with Crippen LogP contribution in [0.15, 0.2) is 48.5 Å². The Hall–Kier alpha value is -1.93. The SMILES string of the molecule is Cc1ccc(C(=O)c2cccc(CCO)c2)cc1. The van der Waals surface area contributed by atoms with Crippen molar-refractivity contribution in [2.24, 2.45) is 0 Å². The van der Waals surface area contributed by atoms with Crippen LogP contribution in [0.2, 0.25) is 0 Å². The molecule has 2 aromatic carbocycles. The summed E-state index contributed by atoms with van der Waals surface area (Å²) in [5.74, 6) is 0.0230. The number of carbonyl (C=O) groups excluding carboxylic acids is 1. The summed E-state index contributed by atoms with van der Waals surface area (Å²) in [5, 5.41) is 8.91. The number of carbonyl (C=O) groups is 1. The van der Waals surface area contributed by atoms with Crippen LogP contribution in [0, 0.1) is 6.92 Å². The number of ketones is 1. The molecule has 2 rings (SSSR count). The average molecular weight is 240 g/mol. The smallest absolute Gasteiger partial charge is 0.193 e. The van der Waals surface area contributed by atoms with Gasteiger partial charge in [0.2, 0.25) is 0 Å². The molecule has 0 saturated carbocycles. The number of aliphatic hydroxyl groups is 1. The molecule has 0 atom stereocenters. The second kappa shape index (κ2) is 5.61. The minimum atomic E-state index is 0.0230. The summed E-state index contributed by atoms with van der Waals surface area (Å²) < 4.78 is 0. The molecule has 0 aromatic heterocycles. The summed E-state index contributed by atoms with van der Waals surface area (Å²) in [7, 11) is 0. The Kier molecular flexibility index (Phi) is 3.90. The standard InChI is InChI=1S/C16H16O2/c1-12-5-7-14(8-6-12)16(18)15-4-2-3-13(11-15)9-10-17/h2-8,11,17H,9-10H2,1H3. The molecule has 1 N–H and O–H groups in total. The normalized spacial score (nSPS) is 10.3. The molecule has 0 fully saturated rings. The van der Waals surface area contributed by atoms with Gasteiger partial charge >= 0.3 is 0 Å². The quantitative estimate of drug-likeness (QED) is 0.834. The summed E-state index contributed by atoms with van der Waals surface area (Å²) in [6.45, 7) is 2.10. The molecule has 0 aliphatic heterocycles. The molecule has 0 aliphatic rings. The van der Waals surface area contributed by atoms with Crippen molar-refractivity contribution in [1.82, 2.24) is 0 Å². The highest BCUT2D eigenvalue weighted by atomic mass is 16.2. The van der Waals surface area contributed by atoms with E-state index < -0.39 is 0 Å². The first-order valence-electron chi connectivity index (χ1n) is 6.02. The summed E-state index contributed by atoms with van der Waals surface area (Å²) in [5.41, 5.74) is 3.49. The summed E-state index contributed by atoms with van der Waals surface area (Å²) in [4.78, 5) is 12.3. The van der Waals surface area contributed by atoms with E-state index in [1.807, 2.05) is 55.5 Å². The van der Waals surface area contributed by atoms with E-state index in [2.05, 4.69) is 0 Å². The van der Waals surface area contributed by atoms with Crippen LogP contribution < -0.4 is 0 Å². The van der Waals surface area contributed by atoms with Crippen LogP contribution >= 0.6 is 0 Å². The zero-order chi connectivity index (χ0) is 13.0. The first-order valence-corrected chi connectivity index (χ1v) is 6.02. The predicted molar refractivity (Wildman–Crippen MR) is 71.8 cm³/mol. The Morgan fingerprint density at radius 2 is 1.78 bits per heavy atom. The van der Waals surface area contributed by atoms with E-state index in [1.165, 1.54) is 0 Å². The van der Waals surface area contributed by atoms with Crippen LogP contribution in [0.5, 0.6) is 0 Å². The maximum absolute atomic E-state index is 12.3. The van der Waals surface area contributed by atoms with Crippen LogP contribution in [0.1, 0.15) is 27.0 Å². The van der Waals surface area contributed by atoms with E-state index in [0.717, 1.165) is 11.1 Å². The van der Waals surface area contributed by atoms with Gasteiger partial charge in [0.05, 0.1) is 0 Å². The summed E-state index contributed by atoms with van der Waals surface area (Å²) in [6, 6.07) is 15.0. The number of aryl methyl sites for hydroxylation is 1. The fourth-order valence-electron chi connectivity index (χ4n) is 1.87. The lowest BCUT2D eigenvalue weighted by Gasteiger charge is -2.04. The van der Waals surface area contributed by atoms with E-state index in [1.54, 1.807) is 0 Å². The van der Waals surface area contributed by atoms with Crippen LogP contribution in [0.3, 0.4) is 0 Å². The fraction of sp³-hybridized carbons (Fsp3) is 0.188. The van der Waals surface area contributed by atoms with Gasteiger partial charge in [-0.25, -0.2) is 0 Å². The van der Waals surface area contributed by atoms with E-state index in [9.17, 15) is 4.79 Å². The first-order chi connectivity index (χ1) is 8.70. The number of hydrogen-bond acceptors (Lipinski definition) is 2. The Balaban J connectivity index is 2.28. The number of hydrogen-bond donors (Lipinski definition) is 1. The van der Waals surface area contributed by atoms with Crippen molar-refractivity contribution >= 4 is 5.78 Å². The topological polar surface area (TPSA) is 37.3 Å². The molecule has 2 nitrogen and oxygen atoms in total. The van der Waals surface area contributed by atoms with Crippen molar-refractivity contribution in [3.8, 4) is 0 Å². The number of rotatable bonds is 4. The molecular formula is C16H16O2. The summed E-state index contributed by atoms with van der Waals surface area (Å²) >= 11 is 0. The second-order valence-electron chi connectivity index (χ2n) is 4.37. The van der Waals surface area contributed by atoms with Gasteiger partial charge in [0.25, 0.3) is 0 Å². The summed E-state index contributed by atoms with van der Waals surface area (Å²) in [6.07, 6.45) is 0.578. The Morgan fingerprint density at radius 3 is 2.44 bits per heavy atom. The van der Waals surface area contributed by atoms with Crippen LogP contribution in [-0.2, 0) is 6.42 Å². The molecular weight excluding hydrogens is 224 g/mol. The molecule has 2 aromatic rings. The zero-order valence-electron chi connectivity index (χ0n) is 10.4. The molecule has 0 spiro atoms. The fourth-order valence-corrected chi connectivity index (χ4v) is 1.87. The van der Waals surface area contributed by atoms with Gasteiger partial charge in [-0.1, -0.05) is 48.0 Å². The molecule has 92 valence electrons. The Bertz CT molecular complexity index is 541. The Morgan fingerprint density at radius 1 is 1.06 bits per heavy atom. The van der Waals surface area contributed by atoms with Gasteiger partial charge in [-0.05, 0) is 25.0 Å². The van der Waals surface area contributed by atoms with Crippen molar-refractivity contribution in [3.05, 3.63) is 70.8 Å². The van der Waals surface area contributed by atoms with Gasteiger partial charge in [-0.15, -0.1) is 0 Å². The van der Waals surface area contributed by atoms with E-state index in [0.29, 0.717) is 17.5 Å². The van der Waals surface area contributed by atoms with Crippen LogP contribution in [0.4, 0.5) is 0 Å². The molecule has 0 saturated heterocycles. The molecule has 0 radical (unpaired) electrons. The van der Waals surface area contributed by atoms with Crippen LogP contribution in [-0.4, -0.2) is 17.5 Å². The largest absolute Gasteiger partial charge is 0.396 e. The highest BCUT2D eigenvalue weighted by Gasteiger charge is 2.08. The molecule has 0 aliphatic carbocycles. The molecule has 18 heavy (non-hydrogen) atoms. The lowest BCUT2D eigenvalue weighted by Crippen LogP contribution is -2.02. The predicted octanol–water partition coefficient (Wildman–Crippen LogP) is 2.76. The molecule has 0 amide bonds. The third-order valence-corrected chi connectivity index (χ3v) is 2.90. The minimum Gasteiger partial charge on any atom is -0.396 e. The van der Waals surface area contributed by atoms with Crippen LogP contribution in [0.25, 0.3) is 0 Å². The average Bonchev–Trinajstić information content (AvgIpc) is 2.39. The van der Waals surface area contributed by atoms with Crippen molar-refractivity contribution in [2.45, 2.75) is 13.3 Å². The highest BCUT2D eigenvalue weighted by molar-refractivity contribution is 6.09. The maximum atomic E-state index is 12.3. The van der Waals surface area contributed by atoms with Gasteiger partial charge in [-0.2, -0.15) is 0 Å². The lowest BCUT2D eigenvalue weighted by atomic mass is 10.00. The third kappa shape index (κ3) is 2.84. The molecule has 0 unspecified atom stereocenters. The van der Waals surface area contributed by atoms with Gasteiger partial charge in [0, 0.05) is 17.7 Å². The number of benzene rings is 2. The third-order valence-electron chi connectivity index (χ3n) is 2.90. The van der Waals surface area contributed by atoms with Crippen molar-refractivity contribution in [2.75, 3.05) is 6.61 Å². The molecule has 0 heterocycles. The second-order valence-corrected chi connectivity index (χ2v) is 4.37. The zero-order valence-corrected chi connectivity index (χ0v) is 10.4. The first kappa shape index (κ1) is 12.5. The molecule has 0 bridgehead atoms. The van der Waals surface area contributed by atoms with Gasteiger partial charge in [-0.3, -0.25) is 4.79 Å². The molecule has 2 heteroatoms. The monoisotopic (exact) mass is 240 g/mol. The van der Waals surface area contributed by atoms with E-state index in [4.69, 9.17) is 5.11 Å². The maximum Gasteiger partial charge on any atom is 0.193 e. The van der Waals surface area contributed by atoms with Gasteiger partial charge < -0.3 is 5.11 Å².